The smallest absolute Gasteiger partial charge is 0.313 e. The molecule has 8 nitrogen and oxygen atoms in total. The quantitative estimate of drug-likeness (QED) is 0.358. The molecule has 2 saturated heterocycles. The van der Waals surface area contributed by atoms with Gasteiger partial charge in [0.05, 0.1) is 28.8 Å². The molecule has 1 spiro atoms. The topological polar surface area (TPSA) is 96.4 Å². The number of carbonyl (C=O) groups is 3. The molecule has 1 aromatic rings. The highest BCUT2D eigenvalue weighted by molar-refractivity contribution is 6.34. The fraction of sp³-hybridized carbons (Fsp3) is 0.536. The normalized spacial score (nSPS) is 34.2. The van der Waals surface area contributed by atoms with Crippen molar-refractivity contribution in [3.63, 3.8) is 0 Å². The number of hydrogen-bond donors (Lipinski definition) is 1. The number of rotatable bonds is 5. The number of allylic oxidation sites excluding steroid dienone is 1. The van der Waals surface area contributed by atoms with Gasteiger partial charge < -0.3 is 24.4 Å². The predicted octanol–water partition coefficient (Wildman–Crippen LogP) is 3.19. The molecule has 198 valence electrons. The van der Waals surface area contributed by atoms with E-state index in [0.717, 1.165) is 12.0 Å². The molecule has 0 aliphatic carbocycles. The lowest BCUT2D eigenvalue weighted by atomic mass is 9.74. The number of amides is 2. The Kier molecular flexibility index (Phi) is 6.94. The van der Waals surface area contributed by atoms with Crippen molar-refractivity contribution in [2.75, 3.05) is 31.2 Å². The third-order valence-electron chi connectivity index (χ3n) is 8.02. The summed E-state index contributed by atoms with van der Waals surface area (Å²) in [5, 5.41) is 9.80. The number of anilines is 1. The molecule has 0 bridgehead atoms. The summed E-state index contributed by atoms with van der Waals surface area (Å²) in [6.07, 6.45) is 9.87. The summed E-state index contributed by atoms with van der Waals surface area (Å²) >= 11 is 6.57. The van der Waals surface area contributed by atoms with Gasteiger partial charge in [0.1, 0.15) is 17.6 Å². The molecule has 1 aromatic carbocycles. The van der Waals surface area contributed by atoms with Crippen LogP contribution in [0.2, 0.25) is 5.02 Å². The molecular formula is C28H33ClN2O6. The van der Waals surface area contributed by atoms with Crippen LogP contribution >= 0.6 is 11.6 Å². The van der Waals surface area contributed by atoms with Crippen molar-refractivity contribution < 1.29 is 29.0 Å². The van der Waals surface area contributed by atoms with Crippen molar-refractivity contribution in [3.05, 3.63) is 53.1 Å². The van der Waals surface area contributed by atoms with E-state index in [1.807, 2.05) is 43.4 Å². The van der Waals surface area contributed by atoms with E-state index in [0.29, 0.717) is 30.0 Å². The maximum atomic E-state index is 14.4. The maximum Gasteiger partial charge on any atom is 0.313 e. The van der Waals surface area contributed by atoms with Crippen LogP contribution in [0.3, 0.4) is 0 Å². The molecule has 4 aliphatic rings. The molecule has 4 heterocycles. The van der Waals surface area contributed by atoms with Gasteiger partial charge in [-0.3, -0.25) is 14.4 Å². The highest BCUT2D eigenvalue weighted by Gasteiger charge is 2.74. The first-order valence-electron chi connectivity index (χ1n) is 13.0. The lowest BCUT2D eigenvalue weighted by molar-refractivity contribution is -0.158. The second-order valence-electron chi connectivity index (χ2n) is 10.4. The van der Waals surface area contributed by atoms with Crippen LogP contribution in [0, 0.1) is 18.8 Å². The van der Waals surface area contributed by atoms with Gasteiger partial charge in [0.15, 0.2) is 0 Å². The molecular weight excluding hydrogens is 496 g/mol. The molecule has 1 N–H and O–H groups in total. The second kappa shape index (κ2) is 9.89. The number of hydrogen-bond acceptors (Lipinski definition) is 6. The van der Waals surface area contributed by atoms with Gasteiger partial charge in [-0.15, -0.1) is 0 Å². The second-order valence-corrected chi connectivity index (χ2v) is 10.8. The lowest BCUT2D eigenvalue weighted by Gasteiger charge is -2.37. The van der Waals surface area contributed by atoms with E-state index in [2.05, 4.69) is 0 Å². The third-order valence-corrected chi connectivity index (χ3v) is 8.32. The predicted molar refractivity (Wildman–Crippen MR) is 138 cm³/mol. The Morgan fingerprint density at radius 3 is 2.68 bits per heavy atom. The van der Waals surface area contributed by atoms with Crippen LogP contribution in [0.15, 0.2) is 42.5 Å². The number of benzene rings is 1. The number of aryl methyl sites for hydroxylation is 1. The summed E-state index contributed by atoms with van der Waals surface area (Å²) in [5.74, 6) is -2.92. The number of nitrogens with zero attached hydrogens (tertiary/aromatic N) is 2. The summed E-state index contributed by atoms with van der Waals surface area (Å²) in [5.41, 5.74) is -1.04. The Bertz CT molecular complexity index is 1150. The molecule has 0 saturated carbocycles. The Morgan fingerprint density at radius 1 is 1.11 bits per heavy atom. The third kappa shape index (κ3) is 4.10. The molecule has 5 atom stereocenters. The number of halogens is 1. The maximum absolute atomic E-state index is 14.4. The van der Waals surface area contributed by atoms with Crippen molar-refractivity contribution >= 4 is 35.1 Å². The first-order valence-corrected chi connectivity index (χ1v) is 13.3. The number of esters is 1. The van der Waals surface area contributed by atoms with Gasteiger partial charge in [0.2, 0.25) is 5.91 Å². The zero-order valence-electron chi connectivity index (χ0n) is 21.2. The van der Waals surface area contributed by atoms with E-state index < -0.39 is 35.0 Å². The van der Waals surface area contributed by atoms with Crippen LogP contribution in [0.4, 0.5) is 5.69 Å². The van der Waals surface area contributed by atoms with Gasteiger partial charge in [0, 0.05) is 19.7 Å². The van der Waals surface area contributed by atoms with Crippen molar-refractivity contribution in [3.8, 4) is 0 Å². The minimum absolute atomic E-state index is 0.0195. The summed E-state index contributed by atoms with van der Waals surface area (Å²) < 4.78 is 12.4. The monoisotopic (exact) mass is 528 g/mol. The number of carbonyl (C=O) groups excluding carboxylic acids is 3. The van der Waals surface area contributed by atoms with Gasteiger partial charge in [-0.2, -0.15) is 0 Å². The van der Waals surface area contributed by atoms with Crippen LogP contribution in [0.5, 0.6) is 0 Å². The van der Waals surface area contributed by atoms with E-state index in [1.165, 1.54) is 0 Å². The number of ether oxygens (including phenoxy) is 2. The van der Waals surface area contributed by atoms with E-state index in [4.69, 9.17) is 21.1 Å². The number of para-hydroxylation sites is 1. The Morgan fingerprint density at radius 2 is 1.92 bits per heavy atom. The van der Waals surface area contributed by atoms with Gasteiger partial charge in [-0.05, 0) is 51.2 Å². The Balaban J connectivity index is 1.65. The Labute approximate surface area is 221 Å². The Hall–Kier alpha value is -2.68. The zero-order chi connectivity index (χ0) is 26.4. The van der Waals surface area contributed by atoms with Gasteiger partial charge >= 0.3 is 5.97 Å². The summed E-state index contributed by atoms with van der Waals surface area (Å²) in [6, 6.07) is 4.46. The first-order chi connectivity index (χ1) is 17.7. The van der Waals surface area contributed by atoms with E-state index >= 15 is 0 Å². The fourth-order valence-electron chi connectivity index (χ4n) is 6.43. The van der Waals surface area contributed by atoms with Gasteiger partial charge in [-0.1, -0.05) is 48.0 Å². The molecule has 1 unspecified atom stereocenters. The van der Waals surface area contributed by atoms with Crippen LogP contribution in [-0.2, 0) is 23.9 Å². The summed E-state index contributed by atoms with van der Waals surface area (Å²) in [6.45, 7) is 4.44. The number of aliphatic hydroxyl groups is 1. The largest absolute Gasteiger partial charge is 0.465 e. The minimum atomic E-state index is -1.35. The van der Waals surface area contributed by atoms with Crippen LogP contribution in [-0.4, -0.2) is 71.3 Å². The van der Waals surface area contributed by atoms with Gasteiger partial charge in [-0.25, -0.2) is 0 Å². The SMILES string of the molecule is Cc1cccc(Cl)c1N1CC=C[C@]23O[C@]4(C)/C=C\CCCOC(=O)[C@@H]4[C@H]2C(=O)N(CCCCO)C3C1=O. The van der Waals surface area contributed by atoms with E-state index in [-0.39, 0.29) is 38.1 Å². The fourth-order valence-corrected chi connectivity index (χ4v) is 6.76. The minimum Gasteiger partial charge on any atom is -0.465 e. The average molecular weight is 529 g/mol. The van der Waals surface area contributed by atoms with Gasteiger partial charge in [0.25, 0.3) is 5.91 Å². The summed E-state index contributed by atoms with van der Waals surface area (Å²) in [7, 11) is 0. The molecule has 5 rings (SSSR count). The van der Waals surface area contributed by atoms with Crippen molar-refractivity contribution in [2.24, 2.45) is 11.8 Å². The zero-order valence-corrected chi connectivity index (χ0v) is 21.9. The van der Waals surface area contributed by atoms with Crippen molar-refractivity contribution in [2.45, 2.75) is 56.8 Å². The van der Waals surface area contributed by atoms with Crippen molar-refractivity contribution in [1.29, 1.82) is 0 Å². The molecule has 9 heteroatoms. The average Bonchev–Trinajstić information content (AvgIpc) is 3.20. The molecule has 37 heavy (non-hydrogen) atoms. The van der Waals surface area contributed by atoms with E-state index in [9.17, 15) is 19.5 Å². The highest BCUT2D eigenvalue weighted by Crippen LogP contribution is 2.57. The number of likely N-dealkylation sites (tertiary alicyclic amines) is 1. The standard InChI is InChI=1S/C28H33ClN2O6/c1-18-10-8-11-19(29)22(18)30-15-9-13-28-20(24(33)31(14-5-6-16-32)23(28)25(30)34)21-26(35)36-17-7-3-4-12-27(21,2)37-28/h4,8-13,20-21,23,32H,3,5-7,14-17H2,1-2H3/b12-4-/t20-,21-,23?,27+,28-/m0/s1. The van der Waals surface area contributed by atoms with Crippen molar-refractivity contribution in [1.82, 2.24) is 4.90 Å². The van der Waals surface area contributed by atoms with Crippen LogP contribution in [0.1, 0.15) is 38.2 Å². The molecule has 2 amide bonds. The summed E-state index contributed by atoms with van der Waals surface area (Å²) in [4.78, 5) is 45.1. The first kappa shape index (κ1) is 25.9. The molecule has 0 aromatic heterocycles. The van der Waals surface area contributed by atoms with E-state index in [1.54, 1.807) is 22.8 Å². The number of fused-ring (bicyclic) bond motifs is 2. The molecule has 2 fully saturated rings. The van der Waals surface area contributed by atoms with Crippen LogP contribution < -0.4 is 4.90 Å². The number of unbranched alkanes of at least 4 members (excludes halogenated alkanes) is 1. The van der Waals surface area contributed by atoms with Crippen LogP contribution in [0.25, 0.3) is 0 Å². The molecule has 0 radical (unpaired) electrons. The highest BCUT2D eigenvalue weighted by atomic mass is 35.5. The lowest BCUT2D eigenvalue weighted by Crippen LogP contribution is -2.56. The number of aliphatic hydroxyl groups excluding tert-OH is 1. The molecule has 4 aliphatic heterocycles. The number of cyclic esters (lactones) is 1.